The van der Waals surface area contributed by atoms with Crippen molar-refractivity contribution in [2.24, 2.45) is 4.99 Å². The van der Waals surface area contributed by atoms with Gasteiger partial charge in [0.15, 0.2) is 5.17 Å². The number of aliphatic imine (C=N–C) groups is 1. The fourth-order valence-corrected chi connectivity index (χ4v) is 3.99. The number of benzene rings is 3. The second kappa shape index (κ2) is 7.58. The van der Waals surface area contributed by atoms with E-state index in [4.69, 9.17) is 4.99 Å². The Bertz CT molecular complexity index is 871. The van der Waals surface area contributed by atoms with Crippen LogP contribution in [0.2, 0.25) is 0 Å². The van der Waals surface area contributed by atoms with Crippen molar-refractivity contribution in [1.29, 1.82) is 0 Å². The summed E-state index contributed by atoms with van der Waals surface area (Å²) in [7, 11) is 0. The first-order chi connectivity index (χ1) is 12.8. The SMILES string of the molecule is O=C1CSC(=Nc2ccccc2)N1C(c1ccccc1)c1ccccc1. The molecule has 0 atom stereocenters. The van der Waals surface area contributed by atoms with E-state index >= 15 is 0 Å². The molecule has 0 radical (unpaired) electrons. The summed E-state index contributed by atoms with van der Waals surface area (Å²) in [6.07, 6.45) is 0. The zero-order valence-corrected chi connectivity index (χ0v) is 15.0. The molecular weight excluding hydrogens is 340 g/mol. The van der Waals surface area contributed by atoms with E-state index in [1.807, 2.05) is 71.6 Å². The Morgan fingerprint density at radius 3 is 1.81 bits per heavy atom. The maximum Gasteiger partial charge on any atom is 0.239 e. The third-order valence-corrected chi connectivity index (χ3v) is 5.21. The molecule has 1 saturated heterocycles. The Morgan fingerprint density at radius 2 is 1.27 bits per heavy atom. The summed E-state index contributed by atoms with van der Waals surface area (Å²) in [5.41, 5.74) is 3.01. The maximum absolute atomic E-state index is 12.8. The van der Waals surface area contributed by atoms with Gasteiger partial charge < -0.3 is 0 Å². The van der Waals surface area contributed by atoms with E-state index in [9.17, 15) is 4.79 Å². The number of hydrogen-bond acceptors (Lipinski definition) is 3. The number of hydrogen-bond donors (Lipinski definition) is 0. The number of thioether (sulfide) groups is 1. The van der Waals surface area contributed by atoms with Crippen LogP contribution in [0.5, 0.6) is 0 Å². The summed E-state index contributed by atoms with van der Waals surface area (Å²) in [5.74, 6) is 0.504. The molecule has 0 bridgehead atoms. The lowest BCUT2D eigenvalue weighted by Crippen LogP contribution is -2.34. The topological polar surface area (TPSA) is 32.7 Å². The molecule has 3 nitrogen and oxygen atoms in total. The Balaban J connectivity index is 1.81. The van der Waals surface area contributed by atoms with Gasteiger partial charge in [-0.3, -0.25) is 9.69 Å². The van der Waals surface area contributed by atoms with Crippen molar-refractivity contribution >= 4 is 28.5 Å². The second-order valence-corrected chi connectivity index (χ2v) is 6.95. The van der Waals surface area contributed by atoms with E-state index in [0.29, 0.717) is 5.75 Å². The van der Waals surface area contributed by atoms with Crippen LogP contribution in [0.4, 0.5) is 5.69 Å². The van der Waals surface area contributed by atoms with Crippen LogP contribution in [0.1, 0.15) is 17.2 Å². The average molecular weight is 358 g/mol. The van der Waals surface area contributed by atoms with Crippen molar-refractivity contribution in [3.63, 3.8) is 0 Å². The van der Waals surface area contributed by atoms with Crippen LogP contribution in [0.3, 0.4) is 0 Å². The Morgan fingerprint density at radius 1 is 0.769 bits per heavy atom. The number of amidine groups is 1. The quantitative estimate of drug-likeness (QED) is 0.654. The van der Waals surface area contributed by atoms with Gasteiger partial charge in [-0.05, 0) is 23.3 Å². The standard InChI is InChI=1S/C22H18N2OS/c25-20-16-26-22(23-19-14-8-3-9-15-19)24(20)21(17-10-4-1-5-11-17)18-12-6-2-7-13-18/h1-15,21H,16H2. The molecule has 3 aromatic rings. The summed E-state index contributed by atoms with van der Waals surface area (Å²) in [6.45, 7) is 0. The molecule has 4 rings (SSSR count). The molecule has 1 amide bonds. The molecule has 0 aromatic heterocycles. The molecule has 1 aliphatic heterocycles. The summed E-state index contributed by atoms with van der Waals surface area (Å²) in [4.78, 5) is 19.4. The minimum Gasteiger partial charge on any atom is -0.279 e. The summed E-state index contributed by atoms with van der Waals surface area (Å²) >= 11 is 1.50. The van der Waals surface area contributed by atoms with Crippen molar-refractivity contribution in [2.45, 2.75) is 6.04 Å². The van der Waals surface area contributed by atoms with Gasteiger partial charge in [0.25, 0.3) is 0 Å². The summed E-state index contributed by atoms with van der Waals surface area (Å²) < 4.78 is 0. The lowest BCUT2D eigenvalue weighted by molar-refractivity contribution is -0.125. The first kappa shape index (κ1) is 16.6. The van der Waals surface area contributed by atoms with Crippen molar-refractivity contribution in [3.8, 4) is 0 Å². The van der Waals surface area contributed by atoms with Crippen LogP contribution < -0.4 is 0 Å². The third kappa shape index (κ3) is 3.41. The predicted molar refractivity (Wildman–Crippen MR) is 108 cm³/mol. The number of amides is 1. The Hall–Kier alpha value is -2.85. The monoisotopic (exact) mass is 358 g/mol. The highest BCUT2D eigenvalue weighted by Crippen LogP contribution is 2.36. The first-order valence-electron chi connectivity index (χ1n) is 8.51. The normalized spacial score (nSPS) is 15.8. The van der Waals surface area contributed by atoms with Gasteiger partial charge in [-0.25, -0.2) is 4.99 Å². The summed E-state index contributed by atoms with van der Waals surface area (Å²) in [6, 6.07) is 29.9. The second-order valence-electron chi connectivity index (χ2n) is 6.01. The molecule has 1 aliphatic rings. The van der Waals surface area contributed by atoms with Crippen LogP contribution in [0, 0.1) is 0 Å². The molecule has 0 unspecified atom stereocenters. The fourth-order valence-electron chi connectivity index (χ4n) is 3.09. The van der Waals surface area contributed by atoms with Gasteiger partial charge in [0.05, 0.1) is 17.5 Å². The Labute approximate surface area is 157 Å². The molecule has 128 valence electrons. The molecule has 0 saturated carbocycles. The first-order valence-corrected chi connectivity index (χ1v) is 9.50. The lowest BCUT2D eigenvalue weighted by atomic mass is 9.97. The van der Waals surface area contributed by atoms with Crippen LogP contribution in [-0.2, 0) is 4.79 Å². The molecule has 0 aliphatic carbocycles. The maximum atomic E-state index is 12.8. The van der Waals surface area contributed by atoms with E-state index in [1.54, 1.807) is 0 Å². The van der Waals surface area contributed by atoms with Crippen LogP contribution in [0.25, 0.3) is 0 Å². The van der Waals surface area contributed by atoms with Crippen molar-refractivity contribution in [2.75, 3.05) is 5.75 Å². The molecule has 3 aromatic carbocycles. The number of carbonyl (C=O) groups is 1. The van der Waals surface area contributed by atoms with Gasteiger partial charge >= 0.3 is 0 Å². The average Bonchev–Trinajstić information content (AvgIpc) is 3.05. The van der Waals surface area contributed by atoms with Crippen LogP contribution in [0.15, 0.2) is 96.0 Å². The van der Waals surface area contributed by atoms with Crippen LogP contribution in [-0.4, -0.2) is 21.7 Å². The largest absolute Gasteiger partial charge is 0.279 e. The molecule has 26 heavy (non-hydrogen) atoms. The van der Waals surface area contributed by atoms with Crippen molar-refractivity contribution < 1.29 is 4.79 Å². The van der Waals surface area contributed by atoms with E-state index in [0.717, 1.165) is 22.0 Å². The lowest BCUT2D eigenvalue weighted by Gasteiger charge is -2.28. The number of rotatable bonds is 4. The highest BCUT2D eigenvalue weighted by Gasteiger charge is 2.36. The minimum absolute atomic E-state index is 0.0855. The molecule has 1 fully saturated rings. The Kier molecular flexibility index (Phi) is 4.84. The number of para-hydroxylation sites is 1. The van der Waals surface area contributed by atoms with Gasteiger partial charge in [0.2, 0.25) is 5.91 Å². The zero-order valence-electron chi connectivity index (χ0n) is 14.2. The van der Waals surface area contributed by atoms with Gasteiger partial charge in [-0.1, -0.05) is 90.6 Å². The number of nitrogens with zero attached hydrogens (tertiary/aromatic N) is 2. The number of carbonyl (C=O) groups excluding carboxylic acids is 1. The highest BCUT2D eigenvalue weighted by molar-refractivity contribution is 8.15. The predicted octanol–water partition coefficient (Wildman–Crippen LogP) is 5.04. The molecule has 0 spiro atoms. The van der Waals surface area contributed by atoms with Gasteiger partial charge in [0, 0.05) is 0 Å². The summed E-state index contributed by atoms with van der Waals surface area (Å²) in [5, 5.41) is 0.749. The van der Waals surface area contributed by atoms with E-state index in [2.05, 4.69) is 24.3 Å². The highest BCUT2D eigenvalue weighted by atomic mass is 32.2. The molecule has 4 heteroatoms. The smallest absolute Gasteiger partial charge is 0.239 e. The van der Waals surface area contributed by atoms with E-state index < -0.39 is 0 Å². The molecule has 0 N–H and O–H groups in total. The zero-order chi connectivity index (χ0) is 17.8. The third-order valence-electron chi connectivity index (χ3n) is 4.27. The van der Waals surface area contributed by atoms with E-state index in [1.165, 1.54) is 11.8 Å². The van der Waals surface area contributed by atoms with Crippen molar-refractivity contribution in [1.82, 2.24) is 4.90 Å². The van der Waals surface area contributed by atoms with Gasteiger partial charge in [-0.15, -0.1) is 0 Å². The minimum atomic E-state index is -0.178. The van der Waals surface area contributed by atoms with Gasteiger partial charge in [0.1, 0.15) is 0 Å². The molecular formula is C22H18N2OS. The fraction of sp³-hybridized carbons (Fsp3) is 0.0909. The van der Waals surface area contributed by atoms with Crippen LogP contribution >= 0.6 is 11.8 Å². The van der Waals surface area contributed by atoms with Crippen molar-refractivity contribution in [3.05, 3.63) is 102 Å². The van der Waals surface area contributed by atoms with Gasteiger partial charge in [-0.2, -0.15) is 0 Å². The van der Waals surface area contributed by atoms with E-state index in [-0.39, 0.29) is 11.9 Å². The molecule has 1 heterocycles.